The van der Waals surface area contributed by atoms with Crippen LogP contribution in [0.4, 0.5) is 17.1 Å². The summed E-state index contributed by atoms with van der Waals surface area (Å²) < 4.78 is 6.69. The Morgan fingerprint density at radius 3 is 1.85 bits per heavy atom. The molecule has 0 bridgehead atoms. The zero-order chi connectivity index (χ0) is 36.7. The second-order valence-corrected chi connectivity index (χ2v) is 19.6. The average Bonchev–Trinajstić information content (AvgIpc) is 3.73. The summed E-state index contributed by atoms with van der Waals surface area (Å²) in [6.07, 6.45) is 0. The van der Waals surface area contributed by atoms with E-state index in [1.165, 1.54) is 81.8 Å². The highest BCUT2D eigenvalue weighted by Gasteiger charge is 2.42. The van der Waals surface area contributed by atoms with Crippen LogP contribution in [-0.2, 0) is 0 Å². The minimum absolute atomic E-state index is 0.939. The fourth-order valence-corrected chi connectivity index (χ4v) is 12.5. The summed E-state index contributed by atoms with van der Waals surface area (Å²) in [6.45, 7) is 5.00. The van der Waals surface area contributed by atoms with Crippen LogP contribution < -0.4 is 15.3 Å². The van der Waals surface area contributed by atoms with Crippen molar-refractivity contribution >= 4 is 79.0 Å². The smallest absolute Gasteiger partial charge is 0.143 e. The third-order valence-corrected chi connectivity index (χ3v) is 15.4. The molecule has 0 atom stereocenters. The molecule has 0 saturated carbocycles. The Bertz CT molecular complexity index is 3110. The van der Waals surface area contributed by atoms with Crippen molar-refractivity contribution in [2.75, 3.05) is 4.90 Å². The number of benzene rings is 9. The van der Waals surface area contributed by atoms with Crippen LogP contribution in [0.25, 0.3) is 76.9 Å². The Morgan fingerprint density at radius 2 is 1.05 bits per heavy atom. The lowest BCUT2D eigenvalue weighted by atomic mass is 9.97. The highest BCUT2D eigenvalue weighted by Crippen LogP contribution is 2.44. The number of hydrogen-bond donors (Lipinski definition) is 0. The maximum atomic E-state index is 6.69. The van der Waals surface area contributed by atoms with E-state index < -0.39 is 8.07 Å². The van der Waals surface area contributed by atoms with Gasteiger partial charge in [0.05, 0.1) is 0 Å². The molecular formula is C52H37NOSi. The second-order valence-electron chi connectivity index (χ2n) is 15.3. The van der Waals surface area contributed by atoms with Crippen LogP contribution in [0, 0.1) is 0 Å². The summed E-state index contributed by atoms with van der Waals surface area (Å²) in [6, 6.07) is 68.8. The molecule has 0 saturated heterocycles. The van der Waals surface area contributed by atoms with Gasteiger partial charge in [-0.1, -0.05) is 159 Å². The summed E-state index contributed by atoms with van der Waals surface area (Å²) in [5.41, 5.74) is 12.9. The fraction of sp³-hybridized carbons (Fsp3) is 0.0385. The monoisotopic (exact) mass is 719 g/mol. The van der Waals surface area contributed by atoms with Crippen LogP contribution in [0.1, 0.15) is 0 Å². The van der Waals surface area contributed by atoms with E-state index in [0.717, 1.165) is 22.5 Å². The van der Waals surface area contributed by atoms with Crippen LogP contribution in [0.2, 0.25) is 13.1 Å². The number of para-hydroxylation sites is 1. The first-order valence-corrected chi connectivity index (χ1v) is 22.1. The van der Waals surface area contributed by atoms with Crippen molar-refractivity contribution in [1.29, 1.82) is 0 Å². The topological polar surface area (TPSA) is 16.4 Å². The van der Waals surface area contributed by atoms with Crippen LogP contribution in [0.3, 0.4) is 0 Å². The van der Waals surface area contributed by atoms with Crippen molar-refractivity contribution < 1.29 is 4.42 Å². The Kier molecular flexibility index (Phi) is 7.04. The van der Waals surface area contributed by atoms with Crippen molar-refractivity contribution in [3.05, 3.63) is 188 Å². The van der Waals surface area contributed by atoms with E-state index >= 15 is 0 Å². The van der Waals surface area contributed by atoms with E-state index in [2.05, 4.69) is 206 Å². The number of hydrogen-bond acceptors (Lipinski definition) is 2. The molecule has 2 nitrogen and oxygen atoms in total. The lowest BCUT2D eigenvalue weighted by Crippen LogP contribution is -2.50. The van der Waals surface area contributed by atoms with Gasteiger partial charge in [0.25, 0.3) is 0 Å². The van der Waals surface area contributed by atoms with Gasteiger partial charge in [-0.2, -0.15) is 0 Å². The molecule has 1 aliphatic rings. The molecule has 11 rings (SSSR count). The Balaban J connectivity index is 1.09. The van der Waals surface area contributed by atoms with Gasteiger partial charge >= 0.3 is 0 Å². The van der Waals surface area contributed by atoms with E-state index in [-0.39, 0.29) is 0 Å². The van der Waals surface area contributed by atoms with Crippen molar-refractivity contribution in [2.45, 2.75) is 13.1 Å². The lowest BCUT2D eigenvalue weighted by Gasteiger charge is -2.31. The SMILES string of the molecule is C[Si]1(C)c2ccc3c(oc4ccccc43)c2-c2cccc(N(c3ccc(-c4ccc5ccccc5c4)cc3)c3ccc(-c4cccc5ccccc45)cc3)c21. The van der Waals surface area contributed by atoms with Crippen molar-refractivity contribution in [3.8, 4) is 33.4 Å². The Hall–Kier alpha value is -6.68. The van der Waals surface area contributed by atoms with Crippen LogP contribution in [-0.4, -0.2) is 8.07 Å². The minimum Gasteiger partial charge on any atom is -0.455 e. The van der Waals surface area contributed by atoms with E-state index in [4.69, 9.17) is 4.42 Å². The van der Waals surface area contributed by atoms with Gasteiger partial charge in [-0.25, -0.2) is 0 Å². The minimum atomic E-state index is -2.21. The summed E-state index contributed by atoms with van der Waals surface area (Å²) in [4.78, 5) is 2.48. The molecular weight excluding hydrogens is 683 g/mol. The summed E-state index contributed by atoms with van der Waals surface area (Å²) in [5, 5.41) is 10.2. The molecule has 55 heavy (non-hydrogen) atoms. The van der Waals surface area contributed by atoms with Crippen molar-refractivity contribution in [3.63, 3.8) is 0 Å². The van der Waals surface area contributed by atoms with Crippen molar-refractivity contribution in [1.82, 2.24) is 0 Å². The van der Waals surface area contributed by atoms with Crippen LogP contribution in [0.15, 0.2) is 192 Å². The Morgan fingerprint density at radius 1 is 0.436 bits per heavy atom. The van der Waals surface area contributed by atoms with Gasteiger partial charge in [0.1, 0.15) is 19.2 Å². The molecule has 0 unspecified atom stereocenters. The molecule has 1 aromatic heterocycles. The van der Waals surface area contributed by atoms with E-state index in [9.17, 15) is 0 Å². The summed E-state index contributed by atoms with van der Waals surface area (Å²) in [5.74, 6) is 0. The second kappa shape index (κ2) is 12.2. The quantitative estimate of drug-likeness (QED) is 0.165. The predicted octanol–water partition coefficient (Wildman–Crippen LogP) is 13.5. The standard InChI is InChI=1S/C52H37NOSi/c1-55(2)49-32-31-45-44-16-7-8-20-48(44)54-51(45)50(49)46-18-10-19-47(52(46)55)53(40-27-23-35(24-28-40)39-22-21-34-11-3-4-13-38(34)33-39)41-29-25-37(26-30-41)43-17-9-14-36-12-5-6-15-42(36)43/h3-33H,1-2H3. The summed E-state index contributed by atoms with van der Waals surface area (Å²) >= 11 is 0. The predicted molar refractivity (Wildman–Crippen MR) is 236 cm³/mol. The van der Waals surface area contributed by atoms with Gasteiger partial charge < -0.3 is 9.32 Å². The zero-order valence-corrected chi connectivity index (χ0v) is 31.8. The molecule has 0 fully saturated rings. The first kappa shape index (κ1) is 31.8. The normalized spacial score (nSPS) is 13.1. The molecule has 0 radical (unpaired) electrons. The number of nitrogens with zero attached hydrogens (tertiary/aromatic N) is 1. The third kappa shape index (κ3) is 4.94. The van der Waals surface area contributed by atoms with Crippen molar-refractivity contribution in [2.24, 2.45) is 0 Å². The molecule has 9 aromatic carbocycles. The Labute approximate surface area is 321 Å². The number of furan rings is 1. The number of fused-ring (bicyclic) bond motifs is 9. The first-order valence-electron chi connectivity index (χ1n) is 19.1. The zero-order valence-electron chi connectivity index (χ0n) is 30.8. The molecule has 1 aliphatic heterocycles. The first-order chi connectivity index (χ1) is 27.0. The molecule has 260 valence electrons. The number of anilines is 3. The largest absolute Gasteiger partial charge is 0.455 e. The fourth-order valence-electron chi connectivity index (χ4n) is 9.17. The van der Waals surface area contributed by atoms with Crippen LogP contribution >= 0.6 is 0 Å². The third-order valence-electron chi connectivity index (χ3n) is 11.8. The van der Waals surface area contributed by atoms with Gasteiger partial charge in [-0.3, -0.25) is 0 Å². The van der Waals surface area contributed by atoms with Gasteiger partial charge in [0.15, 0.2) is 0 Å². The van der Waals surface area contributed by atoms with Gasteiger partial charge in [-0.15, -0.1) is 0 Å². The van der Waals surface area contributed by atoms with E-state index in [1.54, 1.807) is 0 Å². The van der Waals surface area contributed by atoms with Gasteiger partial charge in [0.2, 0.25) is 0 Å². The van der Waals surface area contributed by atoms with E-state index in [1.807, 2.05) is 0 Å². The molecule has 0 N–H and O–H groups in total. The highest BCUT2D eigenvalue weighted by atomic mass is 28.3. The van der Waals surface area contributed by atoms with Crippen LogP contribution in [0.5, 0.6) is 0 Å². The molecule has 10 aromatic rings. The molecule has 3 heteroatoms. The average molecular weight is 720 g/mol. The van der Waals surface area contributed by atoms with E-state index in [0.29, 0.717) is 0 Å². The van der Waals surface area contributed by atoms with Gasteiger partial charge in [0, 0.05) is 33.4 Å². The van der Waals surface area contributed by atoms with Gasteiger partial charge in [-0.05, 0) is 102 Å². The maximum absolute atomic E-state index is 6.69. The lowest BCUT2D eigenvalue weighted by molar-refractivity contribution is 0.670. The molecule has 0 aliphatic carbocycles. The number of rotatable bonds is 5. The maximum Gasteiger partial charge on any atom is 0.143 e. The molecule has 0 amide bonds. The molecule has 2 heterocycles. The summed E-state index contributed by atoms with van der Waals surface area (Å²) in [7, 11) is -2.21. The molecule has 0 spiro atoms. The highest BCUT2D eigenvalue weighted by molar-refractivity contribution is 7.05.